The summed E-state index contributed by atoms with van der Waals surface area (Å²) in [6, 6.07) is 6.12. The summed E-state index contributed by atoms with van der Waals surface area (Å²) < 4.78 is 43.2. The Hall–Kier alpha value is -1.84. The number of esters is 1. The first-order chi connectivity index (χ1) is 15.8. The molecule has 33 heavy (non-hydrogen) atoms. The molecule has 0 saturated carbocycles. The van der Waals surface area contributed by atoms with E-state index in [1.165, 1.54) is 12.1 Å². The van der Waals surface area contributed by atoms with Crippen LogP contribution >= 0.6 is 54.0 Å². The minimum absolute atomic E-state index is 0.0528. The predicted molar refractivity (Wildman–Crippen MR) is 119 cm³/mol. The van der Waals surface area contributed by atoms with Gasteiger partial charge in [-0.1, -0.05) is 23.7 Å². The van der Waals surface area contributed by atoms with Crippen LogP contribution in [0.25, 0.3) is 5.03 Å². The number of hydrogen-bond acceptors (Lipinski definition) is 10. The van der Waals surface area contributed by atoms with Crippen molar-refractivity contribution in [3.8, 4) is 5.75 Å². The summed E-state index contributed by atoms with van der Waals surface area (Å²) in [5, 5.41) is -0.239. The van der Waals surface area contributed by atoms with Crippen molar-refractivity contribution in [1.82, 2.24) is 0 Å². The molecule has 1 aliphatic heterocycles. The minimum Gasteiger partial charge on any atom is -0.469 e. The number of para-hydroxylation sites is 1. The lowest BCUT2D eigenvalue weighted by molar-refractivity contribution is -0.139. The highest BCUT2D eigenvalue weighted by molar-refractivity contribution is 7.55. The van der Waals surface area contributed by atoms with Gasteiger partial charge < -0.3 is 28.0 Å². The zero-order valence-electron chi connectivity index (χ0n) is 16.7. The van der Waals surface area contributed by atoms with Gasteiger partial charge in [-0.3, -0.25) is 0 Å². The molecule has 0 spiro atoms. The second-order valence-electron chi connectivity index (χ2n) is 5.82. The molecule has 1 aliphatic rings. The van der Waals surface area contributed by atoms with Crippen molar-refractivity contribution in [2.45, 2.75) is 5.85 Å². The van der Waals surface area contributed by atoms with Crippen LogP contribution in [-0.4, -0.2) is 61.6 Å². The number of ether oxygens (including phenoxy) is 4. The zero-order valence-corrected chi connectivity index (χ0v) is 20.6. The lowest BCUT2D eigenvalue weighted by Crippen LogP contribution is -2.33. The van der Waals surface area contributed by atoms with Gasteiger partial charge in [0.05, 0.1) is 22.7 Å². The van der Waals surface area contributed by atoms with Crippen LogP contribution in [0.3, 0.4) is 0 Å². The summed E-state index contributed by atoms with van der Waals surface area (Å²) in [4.78, 5) is 36.9. The average Bonchev–Trinajstić information content (AvgIpc) is 2.79. The number of alkyl halides is 3. The van der Waals surface area contributed by atoms with Crippen LogP contribution in [0.1, 0.15) is 5.56 Å². The first kappa shape index (κ1) is 27.4. The number of fused-ring (bicyclic) bond motifs is 1. The molecule has 2 rings (SSSR count). The molecule has 1 aromatic carbocycles. The lowest BCUT2D eigenvalue weighted by atomic mass is 10.1. The lowest BCUT2D eigenvalue weighted by Gasteiger charge is -2.31. The molecule has 0 aromatic heterocycles. The molecule has 1 unspecified atom stereocenters. The normalized spacial score (nSPS) is 15.1. The van der Waals surface area contributed by atoms with Gasteiger partial charge in [0, 0.05) is 5.56 Å². The molecular formula is C18H17Cl4O10P. The van der Waals surface area contributed by atoms with Crippen molar-refractivity contribution in [2.24, 2.45) is 0 Å². The standard InChI is InChI=1S/C18H17Cl4O10P/c19-5-8-27-15(23)13-14(22)11-3-1-2-4-12(11)30-16(13)33(26,31-17(24)28-9-6-20)32-18(25)29-10-7-21/h1-4,16H,5-10H2. The van der Waals surface area contributed by atoms with E-state index in [0.717, 1.165) is 0 Å². The molecule has 0 amide bonds. The van der Waals surface area contributed by atoms with Gasteiger partial charge in [0.2, 0.25) is 0 Å². The predicted octanol–water partition coefficient (Wildman–Crippen LogP) is 5.11. The number of benzene rings is 1. The third-order valence-electron chi connectivity index (χ3n) is 3.66. The monoisotopic (exact) mass is 564 g/mol. The van der Waals surface area contributed by atoms with E-state index in [9.17, 15) is 18.9 Å². The Morgan fingerprint density at radius 2 is 1.39 bits per heavy atom. The molecule has 0 bridgehead atoms. The fourth-order valence-corrected chi connectivity index (χ4v) is 4.61. The largest absolute Gasteiger partial charge is 0.515 e. The van der Waals surface area contributed by atoms with Crippen molar-refractivity contribution in [3.05, 3.63) is 35.4 Å². The van der Waals surface area contributed by atoms with Gasteiger partial charge in [-0.2, -0.15) is 0 Å². The van der Waals surface area contributed by atoms with Gasteiger partial charge in [0.25, 0.3) is 5.85 Å². The fourth-order valence-electron chi connectivity index (χ4n) is 2.42. The molecule has 0 fully saturated rings. The molecule has 0 radical (unpaired) electrons. The number of carbonyl (C=O) groups is 3. The highest BCUT2D eigenvalue weighted by Gasteiger charge is 2.53. The summed E-state index contributed by atoms with van der Waals surface area (Å²) in [5.41, 5.74) is -0.298. The Labute approximate surface area is 208 Å². The maximum Gasteiger partial charge on any atom is 0.515 e. The molecule has 0 N–H and O–H groups in total. The van der Waals surface area contributed by atoms with Crippen molar-refractivity contribution < 1.29 is 46.9 Å². The van der Waals surface area contributed by atoms with Crippen LogP contribution < -0.4 is 4.74 Å². The van der Waals surface area contributed by atoms with Crippen LogP contribution in [0.2, 0.25) is 0 Å². The summed E-state index contributed by atoms with van der Waals surface area (Å²) in [6.07, 6.45) is -3.03. The van der Waals surface area contributed by atoms with Crippen LogP contribution in [-0.2, 0) is 32.6 Å². The maximum absolute atomic E-state index is 13.7. The second-order valence-corrected chi connectivity index (χ2v) is 9.24. The topological polar surface area (TPSA) is 124 Å². The van der Waals surface area contributed by atoms with Crippen LogP contribution in [0.5, 0.6) is 5.75 Å². The summed E-state index contributed by atoms with van der Waals surface area (Å²) >= 11 is 22.9. The van der Waals surface area contributed by atoms with Crippen molar-refractivity contribution in [1.29, 1.82) is 0 Å². The van der Waals surface area contributed by atoms with Gasteiger partial charge in [-0.15, -0.1) is 34.8 Å². The average molecular weight is 566 g/mol. The molecule has 10 nitrogen and oxygen atoms in total. The second kappa shape index (κ2) is 13.2. The number of rotatable bonds is 10. The molecule has 0 saturated heterocycles. The zero-order chi connectivity index (χ0) is 24.4. The Kier molecular flexibility index (Phi) is 10.9. The highest BCUT2D eigenvalue weighted by Crippen LogP contribution is 2.60. The van der Waals surface area contributed by atoms with E-state index >= 15 is 0 Å². The minimum atomic E-state index is -5.06. The van der Waals surface area contributed by atoms with Crippen molar-refractivity contribution >= 4 is 77.3 Å². The van der Waals surface area contributed by atoms with Crippen LogP contribution in [0.4, 0.5) is 9.59 Å². The Balaban J connectivity index is 2.53. The Bertz CT molecular complexity index is 928. The van der Waals surface area contributed by atoms with Gasteiger partial charge >= 0.3 is 25.9 Å². The summed E-state index contributed by atoms with van der Waals surface area (Å²) in [6.45, 7) is -0.858. The van der Waals surface area contributed by atoms with Crippen LogP contribution in [0, 0.1) is 0 Å². The molecule has 1 atom stereocenters. The number of carbonyl (C=O) groups excluding carboxylic acids is 3. The molecule has 15 heteroatoms. The van der Waals surface area contributed by atoms with E-state index in [1.807, 2.05) is 0 Å². The van der Waals surface area contributed by atoms with Crippen molar-refractivity contribution in [2.75, 3.05) is 37.5 Å². The third-order valence-corrected chi connectivity index (χ3v) is 6.28. The first-order valence-electron chi connectivity index (χ1n) is 9.10. The van der Waals surface area contributed by atoms with Gasteiger partial charge in [-0.25, -0.2) is 18.9 Å². The maximum atomic E-state index is 13.7. The molecule has 0 aliphatic carbocycles. The molecular weight excluding hydrogens is 549 g/mol. The van der Waals surface area contributed by atoms with Crippen LogP contribution in [0.15, 0.2) is 29.8 Å². The highest BCUT2D eigenvalue weighted by atomic mass is 35.5. The van der Waals surface area contributed by atoms with Gasteiger partial charge in [0.1, 0.15) is 31.1 Å². The Morgan fingerprint density at radius 1 is 0.879 bits per heavy atom. The van der Waals surface area contributed by atoms with Gasteiger partial charge in [0.15, 0.2) is 0 Å². The Morgan fingerprint density at radius 3 is 1.94 bits per heavy atom. The van der Waals surface area contributed by atoms with Crippen molar-refractivity contribution in [3.63, 3.8) is 0 Å². The quantitative estimate of drug-likeness (QED) is 0.163. The summed E-state index contributed by atoms with van der Waals surface area (Å²) in [7, 11) is -5.06. The first-order valence-corrected chi connectivity index (χ1v) is 12.7. The fraction of sp³-hybridized carbons (Fsp3) is 0.389. The van der Waals surface area contributed by atoms with E-state index in [-0.39, 0.29) is 53.8 Å². The van der Waals surface area contributed by atoms with E-state index in [1.54, 1.807) is 12.1 Å². The number of halogens is 4. The molecule has 1 heterocycles. The molecule has 1 aromatic rings. The third kappa shape index (κ3) is 7.32. The van der Waals surface area contributed by atoms with E-state index in [0.29, 0.717) is 0 Å². The smallest absolute Gasteiger partial charge is 0.469 e. The molecule has 182 valence electrons. The van der Waals surface area contributed by atoms with Gasteiger partial charge in [-0.05, 0) is 12.1 Å². The summed E-state index contributed by atoms with van der Waals surface area (Å²) in [5.74, 6) is -3.33. The van der Waals surface area contributed by atoms with E-state index in [2.05, 4.69) is 9.47 Å². The SMILES string of the molecule is O=C(OCCCl)OP(=O)(OC(=O)OCCCl)C1Oc2ccccc2C(Cl)=C1C(=O)OCCCl. The van der Waals surface area contributed by atoms with E-state index < -0.39 is 37.3 Å². The van der Waals surface area contributed by atoms with E-state index in [4.69, 9.17) is 64.9 Å². The number of hydrogen-bond donors (Lipinski definition) is 0.